The fourth-order valence-corrected chi connectivity index (χ4v) is 3.80. The summed E-state index contributed by atoms with van der Waals surface area (Å²) in [6, 6.07) is 7.93. The van der Waals surface area contributed by atoms with Crippen molar-refractivity contribution in [3.8, 4) is 0 Å². The Labute approximate surface area is 148 Å². The first kappa shape index (κ1) is 17.7. The van der Waals surface area contributed by atoms with Crippen LogP contribution >= 0.6 is 0 Å². The van der Waals surface area contributed by atoms with Crippen LogP contribution in [0.25, 0.3) is 0 Å². The van der Waals surface area contributed by atoms with Crippen LogP contribution in [0.5, 0.6) is 0 Å². The molecule has 25 heavy (non-hydrogen) atoms. The number of nitrogens with zero attached hydrogens (tertiary/aromatic N) is 2. The van der Waals surface area contributed by atoms with Crippen molar-refractivity contribution in [1.82, 2.24) is 10.1 Å². The highest BCUT2D eigenvalue weighted by atomic mass is 16.5. The number of piperidine rings is 1. The highest BCUT2D eigenvalue weighted by Gasteiger charge is 2.43. The Bertz CT molecular complexity index is 758. The Balaban J connectivity index is 1.77. The molecule has 0 atom stereocenters. The molecule has 0 amide bonds. The van der Waals surface area contributed by atoms with Crippen LogP contribution in [0.2, 0.25) is 0 Å². The van der Waals surface area contributed by atoms with E-state index >= 15 is 0 Å². The number of aliphatic carboxylic acids is 1. The molecule has 1 aromatic heterocycles. The maximum atomic E-state index is 12.1. The molecule has 0 radical (unpaired) electrons. The third-order valence-electron chi connectivity index (χ3n) is 5.46. The van der Waals surface area contributed by atoms with Crippen molar-refractivity contribution in [3.05, 3.63) is 52.4 Å². The Kier molecular flexibility index (Phi) is 4.95. The minimum absolute atomic E-state index is 0.623. The highest BCUT2D eigenvalue weighted by molar-refractivity contribution is 5.81. The van der Waals surface area contributed by atoms with Gasteiger partial charge in [0.25, 0.3) is 0 Å². The van der Waals surface area contributed by atoms with E-state index in [0.717, 1.165) is 54.2 Å². The van der Waals surface area contributed by atoms with E-state index in [4.69, 9.17) is 4.52 Å². The fraction of sp³-hybridized carbons (Fsp3) is 0.500. The number of carboxylic acids is 1. The molecule has 1 aliphatic rings. The number of hydrogen-bond acceptors (Lipinski definition) is 4. The van der Waals surface area contributed by atoms with Gasteiger partial charge in [0.05, 0.1) is 11.1 Å². The first-order valence-corrected chi connectivity index (χ1v) is 8.93. The molecule has 0 spiro atoms. The van der Waals surface area contributed by atoms with Gasteiger partial charge in [0.15, 0.2) is 0 Å². The van der Waals surface area contributed by atoms with Gasteiger partial charge in [-0.2, -0.15) is 0 Å². The summed E-state index contributed by atoms with van der Waals surface area (Å²) in [5.41, 5.74) is 3.34. The van der Waals surface area contributed by atoms with Gasteiger partial charge < -0.3 is 9.63 Å². The molecule has 0 unspecified atom stereocenters. The lowest BCUT2D eigenvalue weighted by Crippen LogP contribution is -2.47. The molecule has 1 aliphatic heterocycles. The first-order valence-electron chi connectivity index (χ1n) is 8.93. The van der Waals surface area contributed by atoms with Crippen molar-refractivity contribution in [3.63, 3.8) is 0 Å². The fourth-order valence-electron chi connectivity index (χ4n) is 3.80. The van der Waals surface area contributed by atoms with E-state index in [1.54, 1.807) is 0 Å². The number of rotatable bonds is 5. The van der Waals surface area contributed by atoms with E-state index < -0.39 is 11.4 Å². The van der Waals surface area contributed by atoms with Gasteiger partial charge in [-0.05, 0) is 45.3 Å². The predicted molar refractivity (Wildman–Crippen MR) is 95.6 cm³/mol. The molecule has 5 nitrogen and oxygen atoms in total. The number of carboxylic acid groups (broad SMARTS) is 1. The zero-order valence-corrected chi connectivity index (χ0v) is 15.2. The quantitative estimate of drug-likeness (QED) is 0.901. The number of likely N-dealkylation sites (tertiary alicyclic amines) is 1. The summed E-state index contributed by atoms with van der Waals surface area (Å²) < 4.78 is 5.38. The maximum absolute atomic E-state index is 12.1. The summed E-state index contributed by atoms with van der Waals surface area (Å²) in [5.74, 6) is 0.222. The second kappa shape index (κ2) is 7.00. The monoisotopic (exact) mass is 342 g/mol. The molecule has 2 heterocycles. The Morgan fingerprint density at radius 3 is 2.64 bits per heavy atom. The van der Waals surface area contributed by atoms with Crippen molar-refractivity contribution in [2.24, 2.45) is 0 Å². The van der Waals surface area contributed by atoms with Gasteiger partial charge in [-0.3, -0.25) is 9.69 Å². The van der Waals surface area contributed by atoms with Crippen LogP contribution in [0.3, 0.4) is 0 Å². The molecule has 5 heteroatoms. The molecule has 3 rings (SSSR count). The van der Waals surface area contributed by atoms with Crippen LogP contribution in [0, 0.1) is 13.8 Å². The number of carbonyl (C=O) groups is 1. The molecule has 2 aromatic rings. The summed E-state index contributed by atoms with van der Waals surface area (Å²) >= 11 is 0. The van der Waals surface area contributed by atoms with Crippen LogP contribution in [0.4, 0.5) is 0 Å². The molecule has 1 N–H and O–H groups in total. The smallest absolute Gasteiger partial charge is 0.314 e. The van der Waals surface area contributed by atoms with E-state index in [9.17, 15) is 9.90 Å². The third kappa shape index (κ3) is 3.33. The first-order chi connectivity index (χ1) is 12.0. The number of benzene rings is 1. The highest BCUT2D eigenvalue weighted by Crippen LogP contribution is 2.37. The molecule has 134 valence electrons. The Morgan fingerprint density at radius 2 is 2.04 bits per heavy atom. The van der Waals surface area contributed by atoms with Crippen molar-refractivity contribution < 1.29 is 14.4 Å². The summed E-state index contributed by atoms with van der Waals surface area (Å²) in [4.78, 5) is 14.4. The molecule has 0 bridgehead atoms. The third-order valence-corrected chi connectivity index (χ3v) is 5.46. The van der Waals surface area contributed by atoms with Gasteiger partial charge in [-0.15, -0.1) is 0 Å². The van der Waals surface area contributed by atoms with Gasteiger partial charge in [0, 0.05) is 18.5 Å². The summed E-state index contributed by atoms with van der Waals surface area (Å²) in [7, 11) is 0. The number of aromatic nitrogens is 1. The minimum Gasteiger partial charge on any atom is -0.481 e. The van der Waals surface area contributed by atoms with E-state index in [0.29, 0.717) is 12.8 Å². The molecule has 0 saturated carbocycles. The standard InChI is InChI=1S/C20H26N2O3/c1-4-18-17(15(3)21-25-18)13-22-10-8-20(9-11-22,19(23)24)16-7-5-6-14(2)12-16/h5-7,12H,4,8-11,13H2,1-3H3,(H,23,24). The van der Waals surface area contributed by atoms with Crippen LogP contribution in [-0.2, 0) is 23.2 Å². The second-order valence-corrected chi connectivity index (χ2v) is 7.06. The van der Waals surface area contributed by atoms with E-state index in [1.807, 2.05) is 38.1 Å². The Hall–Kier alpha value is -2.14. The predicted octanol–water partition coefficient (Wildman–Crippen LogP) is 3.47. The van der Waals surface area contributed by atoms with Crippen molar-refractivity contribution in [1.29, 1.82) is 0 Å². The largest absolute Gasteiger partial charge is 0.481 e. The molecular formula is C20H26N2O3. The maximum Gasteiger partial charge on any atom is 0.314 e. The molecular weight excluding hydrogens is 316 g/mol. The molecule has 0 aliphatic carbocycles. The SMILES string of the molecule is CCc1onc(C)c1CN1CCC(C(=O)O)(c2cccc(C)c2)CC1. The van der Waals surface area contributed by atoms with E-state index in [1.165, 1.54) is 0 Å². The van der Waals surface area contributed by atoms with Gasteiger partial charge in [0.2, 0.25) is 0 Å². The van der Waals surface area contributed by atoms with Gasteiger partial charge >= 0.3 is 5.97 Å². The van der Waals surface area contributed by atoms with Crippen molar-refractivity contribution >= 4 is 5.97 Å². The number of hydrogen-bond donors (Lipinski definition) is 1. The lowest BCUT2D eigenvalue weighted by atomic mass is 9.72. The summed E-state index contributed by atoms with van der Waals surface area (Å²) in [6.07, 6.45) is 2.07. The molecule has 1 saturated heterocycles. The lowest BCUT2D eigenvalue weighted by Gasteiger charge is -2.39. The summed E-state index contributed by atoms with van der Waals surface area (Å²) in [6.45, 7) is 8.34. The Morgan fingerprint density at radius 1 is 1.32 bits per heavy atom. The average molecular weight is 342 g/mol. The van der Waals surface area contributed by atoms with Gasteiger partial charge in [-0.25, -0.2) is 0 Å². The van der Waals surface area contributed by atoms with E-state index in [-0.39, 0.29) is 0 Å². The van der Waals surface area contributed by atoms with Crippen LogP contribution in [-0.4, -0.2) is 34.2 Å². The average Bonchev–Trinajstić information content (AvgIpc) is 2.95. The lowest BCUT2D eigenvalue weighted by molar-refractivity contribution is -0.146. The van der Waals surface area contributed by atoms with Crippen LogP contribution < -0.4 is 0 Å². The molecule has 1 aromatic carbocycles. The van der Waals surface area contributed by atoms with Crippen LogP contribution in [0.15, 0.2) is 28.8 Å². The zero-order chi connectivity index (χ0) is 18.0. The minimum atomic E-state index is -0.778. The van der Waals surface area contributed by atoms with Crippen molar-refractivity contribution in [2.75, 3.05) is 13.1 Å². The number of aryl methyl sites for hydroxylation is 3. The van der Waals surface area contributed by atoms with Gasteiger partial charge in [-0.1, -0.05) is 41.9 Å². The van der Waals surface area contributed by atoms with Crippen LogP contribution in [0.1, 0.15) is 47.9 Å². The molecule has 1 fully saturated rings. The van der Waals surface area contributed by atoms with E-state index in [2.05, 4.69) is 17.0 Å². The second-order valence-electron chi connectivity index (χ2n) is 7.06. The zero-order valence-electron chi connectivity index (χ0n) is 15.2. The van der Waals surface area contributed by atoms with Crippen molar-refractivity contribution in [2.45, 2.75) is 52.0 Å². The summed E-state index contributed by atoms with van der Waals surface area (Å²) in [5, 5.41) is 14.0. The normalized spacial score (nSPS) is 17.6. The van der Waals surface area contributed by atoms with Gasteiger partial charge in [0.1, 0.15) is 5.76 Å². The topological polar surface area (TPSA) is 66.6 Å².